The fraction of sp³-hybridized carbons (Fsp3) is 0.250. The van der Waals surface area contributed by atoms with Gasteiger partial charge in [0.1, 0.15) is 12.4 Å². The Morgan fingerprint density at radius 2 is 2.11 bits per heavy atom. The quantitative estimate of drug-likeness (QED) is 0.880. The molecule has 0 unspecified atom stereocenters. The van der Waals surface area contributed by atoms with Crippen LogP contribution in [0, 0.1) is 13.8 Å². The summed E-state index contributed by atoms with van der Waals surface area (Å²) in [7, 11) is 0. The van der Waals surface area contributed by atoms with Gasteiger partial charge in [-0.1, -0.05) is 0 Å². The second kappa shape index (κ2) is 5.83. The SMILES string of the molecule is Cc1nn(CC(=O)Nc2ccc(Br)cn2)c(C)c1Br. The largest absolute Gasteiger partial charge is 0.309 e. The number of carbonyl (C=O) groups is 1. The van der Waals surface area contributed by atoms with Crippen LogP contribution in [0.25, 0.3) is 0 Å². The Morgan fingerprint density at radius 3 is 2.63 bits per heavy atom. The lowest BCUT2D eigenvalue weighted by Crippen LogP contribution is -2.20. The fourth-order valence-corrected chi connectivity index (χ4v) is 2.12. The molecule has 0 fully saturated rings. The third-order valence-electron chi connectivity index (χ3n) is 2.58. The molecule has 5 nitrogen and oxygen atoms in total. The van der Waals surface area contributed by atoms with Crippen molar-refractivity contribution in [2.45, 2.75) is 20.4 Å². The molecule has 0 aliphatic rings. The zero-order chi connectivity index (χ0) is 14.0. The first-order chi connectivity index (χ1) is 8.97. The van der Waals surface area contributed by atoms with Gasteiger partial charge in [-0.25, -0.2) is 4.98 Å². The van der Waals surface area contributed by atoms with Crippen molar-refractivity contribution >= 4 is 43.6 Å². The molecular weight excluding hydrogens is 376 g/mol. The molecule has 1 amide bonds. The van der Waals surface area contributed by atoms with E-state index in [-0.39, 0.29) is 12.5 Å². The Hall–Kier alpha value is -1.21. The molecule has 0 radical (unpaired) electrons. The number of aromatic nitrogens is 3. The molecule has 2 heterocycles. The van der Waals surface area contributed by atoms with Crippen molar-refractivity contribution in [1.29, 1.82) is 0 Å². The number of nitrogens with zero attached hydrogens (tertiary/aromatic N) is 3. The van der Waals surface area contributed by atoms with Gasteiger partial charge in [0.2, 0.25) is 5.91 Å². The summed E-state index contributed by atoms with van der Waals surface area (Å²) >= 11 is 6.72. The van der Waals surface area contributed by atoms with E-state index in [1.54, 1.807) is 16.9 Å². The first kappa shape index (κ1) is 14.2. The molecule has 2 rings (SSSR count). The Kier molecular flexibility index (Phi) is 4.36. The van der Waals surface area contributed by atoms with Crippen molar-refractivity contribution in [3.8, 4) is 0 Å². The van der Waals surface area contributed by atoms with Crippen molar-refractivity contribution in [3.05, 3.63) is 38.7 Å². The number of amides is 1. The molecule has 0 saturated carbocycles. The van der Waals surface area contributed by atoms with Crippen LogP contribution >= 0.6 is 31.9 Å². The third kappa shape index (κ3) is 3.42. The lowest BCUT2D eigenvalue weighted by molar-refractivity contribution is -0.117. The van der Waals surface area contributed by atoms with E-state index < -0.39 is 0 Å². The summed E-state index contributed by atoms with van der Waals surface area (Å²) in [6.07, 6.45) is 1.63. The standard InChI is InChI=1S/C12H12Br2N4O/c1-7-12(14)8(2)18(17-7)6-11(19)16-10-4-3-9(13)5-15-10/h3-5H,6H2,1-2H3,(H,15,16,19). The average molecular weight is 388 g/mol. The first-order valence-electron chi connectivity index (χ1n) is 5.58. The Labute approximate surface area is 127 Å². The highest BCUT2D eigenvalue weighted by molar-refractivity contribution is 9.10. The molecule has 0 saturated heterocycles. The van der Waals surface area contributed by atoms with E-state index in [0.29, 0.717) is 5.82 Å². The molecule has 0 aliphatic carbocycles. The van der Waals surface area contributed by atoms with Crippen molar-refractivity contribution < 1.29 is 4.79 Å². The van der Waals surface area contributed by atoms with Crippen LogP contribution in [-0.2, 0) is 11.3 Å². The van der Waals surface area contributed by atoms with Gasteiger partial charge < -0.3 is 5.32 Å². The van der Waals surface area contributed by atoms with Crippen LogP contribution in [-0.4, -0.2) is 20.7 Å². The Balaban J connectivity index is 2.05. The van der Waals surface area contributed by atoms with Gasteiger partial charge in [-0.2, -0.15) is 5.10 Å². The van der Waals surface area contributed by atoms with Crippen LogP contribution in [0.15, 0.2) is 27.3 Å². The lowest BCUT2D eigenvalue weighted by atomic mass is 10.4. The van der Waals surface area contributed by atoms with Gasteiger partial charge in [-0.3, -0.25) is 9.48 Å². The van der Waals surface area contributed by atoms with Gasteiger partial charge in [0.05, 0.1) is 15.9 Å². The predicted molar refractivity (Wildman–Crippen MR) is 80.0 cm³/mol. The van der Waals surface area contributed by atoms with E-state index in [1.807, 2.05) is 19.9 Å². The Bertz CT molecular complexity index is 607. The van der Waals surface area contributed by atoms with E-state index in [0.717, 1.165) is 20.3 Å². The molecule has 2 aromatic rings. The normalized spacial score (nSPS) is 10.5. The molecule has 19 heavy (non-hydrogen) atoms. The van der Waals surface area contributed by atoms with Gasteiger partial charge in [-0.15, -0.1) is 0 Å². The Morgan fingerprint density at radius 1 is 1.37 bits per heavy atom. The molecule has 2 aromatic heterocycles. The highest BCUT2D eigenvalue weighted by Gasteiger charge is 2.12. The zero-order valence-electron chi connectivity index (χ0n) is 10.4. The number of hydrogen-bond acceptors (Lipinski definition) is 3. The highest BCUT2D eigenvalue weighted by Crippen LogP contribution is 2.19. The van der Waals surface area contributed by atoms with Gasteiger partial charge in [0.25, 0.3) is 0 Å². The monoisotopic (exact) mass is 386 g/mol. The second-order valence-electron chi connectivity index (χ2n) is 4.05. The van der Waals surface area contributed by atoms with E-state index in [9.17, 15) is 4.79 Å². The zero-order valence-corrected chi connectivity index (χ0v) is 13.6. The second-order valence-corrected chi connectivity index (χ2v) is 5.76. The number of hydrogen-bond donors (Lipinski definition) is 1. The lowest BCUT2D eigenvalue weighted by Gasteiger charge is -2.06. The van der Waals surface area contributed by atoms with Crippen LogP contribution < -0.4 is 5.32 Å². The third-order valence-corrected chi connectivity index (χ3v) is 4.20. The van der Waals surface area contributed by atoms with Crippen LogP contribution in [0.1, 0.15) is 11.4 Å². The van der Waals surface area contributed by atoms with E-state index in [2.05, 4.69) is 47.3 Å². The number of rotatable bonds is 3. The van der Waals surface area contributed by atoms with Crippen molar-refractivity contribution in [1.82, 2.24) is 14.8 Å². The van der Waals surface area contributed by atoms with Gasteiger partial charge in [0, 0.05) is 10.7 Å². The minimum absolute atomic E-state index is 0.159. The number of aryl methyl sites for hydroxylation is 1. The number of nitrogens with one attached hydrogen (secondary N) is 1. The number of anilines is 1. The van der Waals surface area contributed by atoms with Gasteiger partial charge in [-0.05, 0) is 57.8 Å². The first-order valence-corrected chi connectivity index (χ1v) is 7.17. The van der Waals surface area contributed by atoms with Crippen molar-refractivity contribution in [2.75, 3.05) is 5.32 Å². The maximum atomic E-state index is 11.9. The minimum atomic E-state index is -0.159. The number of halogens is 2. The van der Waals surface area contributed by atoms with Gasteiger partial charge in [0.15, 0.2) is 0 Å². The molecule has 1 N–H and O–H groups in total. The smallest absolute Gasteiger partial charge is 0.247 e. The van der Waals surface area contributed by atoms with E-state index in [1.165, 1.54) is 0 Å². The highest BCUT2D eigenvalue weighted by atomic mass is 79.9. The molecule has 7 heteroatoms. The number of pyridine rings is 1. The minimum Gasteiger partial charge on any atom is -0.309 e. The molecule has 0 aliphatic heterocycles. The summed E-state index contributed by atoms with van der Waals surface area (Å²) in [5.41, 5.74) is 1.79. The average Bonchev–Trinajstić information content (AvgIpc) is 2.60. The fourth-order valence-electron chi connectivity index (χ4n) is 1.60. The van der Waals surface area contributed by atoms with Crippen LogP contribution in [0.3, 0.4) is 0 Å². The van der Waals surface area contributed by atoms with Crippen LogP contribution in [0.2, 0.25) is 0 Å². The maximum Gasteiger partial charge on any atom is 0.247 e. The predicted octanol–water partition coefficient (Wildman–Crippen LogP) is 3.06. The molecule has 0 spiro atoms. The summed E-state index contributed by atoms with van der Waals surface area (Å²) in [5, 5.41) is 7.01. The molecule has 0 aromatic carbocycles. The molecule has 0 atom stereocenters. The maximum absolute atomic E-state index is 11.9. The van der Waals surface area contributed by atoms with E-state index >= 15 is 0 Å². The van der Waals surface area contributed by atoms with Crippen LogP contribution in [0.5, 0.6) is 0 Å². The summed E-state index contributed by atoms with van der Waals surface area (Å²) in [6, 6.07) is 3.56. The number of carbonyl (C=O) groups excluding carboxylic acids is 1. The van der Waals surface area contributed by atoms with Crippen molar-refractivity contribution in [2.24, 2.45) is 0 Å². The summed E-state index contributed by atoms with van der Waals surface area (Å²) in [5.74, 6) is 0.363. The van der Waals surface area contributed by atoms with Crippen LogP contribution in [0.4, 0.5) is 5.82 Å². The molecule has 100 valence electrons. The molecule has 0 bridgehead atoms. The summed E-state index contributed by atoms with van der Waals surface area (Å²) in [4.78, 5) is 16.0. The van der Waals surface area contributed by atoms with Crippen molar-refractivity contribution in [3.63, 3.8) is 0 Å². The summed E-state index contributed by atoms with van der Waals surface area (Å²) in [6.45, 7) is 3.97. The summed E-state index contributed by atoms with van der Waals surface area (Å²) < 4.78 is 3.46. The van der Waals surface area contributed by atoms with Gasteiger partial charge >= 0.3 is 0 Å². The van der Waals surface area contributed by atoms with E-state index in [4.69, 9.17) is 0 Å². The topological polar surface area (TPSA) is 59.8 Å². The molecular formula is C12H12Br2N4O.